The Morgan fingerprint density at radius 2 is 2.09 bits per heavy atom. The number of para-hydroxylation sites is 1. The summed E-state index contributed by atoms with van der Waals surface area (Å²) in [6.45, 7) is 0.0836. The molecule has 2 amide bonds. The summed E-state index contributed by atoms with van der Waals surface area (Å²) in [4.78, 5) is 11.6. The molecule has 122 valence electrons. The van der Waals surface area contributed by atoms with Gasteiger partial charge in [0.2, 0.25) is 0 Å². The fourth-order valence-electron chi connectivity index (χ4n) is 2.12. The highest BCUT2D eigenvalue weighted by molar-refractivity contribution is 7.91. The third-order valence-corrected chi connectivity index (χ3v) is 5.02. The SMILES string of the molecule is O=C(NC[C@@H](O)COc1ccccc1)N[C@H]1CCS(=O)(=O)C1. The lowest BCUT2D eigenvalue weighted by Crippen LogP contribution is -2.45. The predicted octanol–water partition coefficient (Wildman–Crippen LogP) is -0.0874. The van der Waals surface area contributed by atoms with Gasteiger partial charge in [-0.2, -0.15) is 0 Å². The van der Waals surface area contributed by atoms with Gasteiger partial charge in [0.05, 0.1) is 11.5 Å². The van der Waals surface area contributed by atoms with Crippen molar-refractivity contribution in [3.8, 4) is 5.75 Å². The highest BCUT2D eigenvalue weighted by Gasteiger charge is 2.28. The minimum Gasteiger partial charge on any atom is -0.491 e. The first-order chi connectivity index (χ1) is 10.4. The van der Waals surface area contributed by atoms with E-state index in [9.17, 15) is 18.3 Å². The average molecular weight is 328 g/mol. The van der Waals surface area contributed by atoms with Crippen molar-refractivity contribution in [2.75, 3.05) is 24.7 Å². The number of aliphatic hydroxyl groups is 1. The van der Waals surface area contributed by atoms with E-state index in [2.05, 4.69) is 10.6 Å². The molecule has 0 unspecified atom stereocenters. The fourth-order valence-corrected chi connectivity index (χ4v) is 3.80. The van der Waals surface area contributed by atoms with Gasteiger partial charge in [0.15, 0.2) is 9.84 Å². The van der Waals surface area contributed by atoms with Crippen molar-refractivity contribution >= 4 is 15.9 Å². The molecule has 1 aliphatic heterocycles. The Morgan fingerprint density at radius 3 is 2.73 bits per heavy atom. The molecular weight excluding hydrogens is 308 g/mol. The molecule has 0 spiro atoms. The van der Waals surface area contributed by atoms with Gasteiger partial charge in [0.1, 0.15) is 18.5 Å². The normalized spacial score (nSPS) is 21.0. The zero-order valence-electron chi connectivity index (χ0n) is 12.1. The zero-order valence-corrected chi connectivity index (χ0v) is 12.9. The number of rotatable bonds is 6. The largest absolute Gasteiger partial charge is 0.491 e. The molecule has 0 aliphatic carbocycles. The van der Waals surface area contributed by atoms with Crippen LogP contribution in [0.4, 0.5) is 4.79 Å². The standard InChI is InChI=1S/C14H20N2O5S/c17-12(9-21-13-4-2-1-3-5-13)8-15-14(18)16-11-6-7-22(19,20)10-11/h1-5,11-12,17H,6-10H2,(H2,15,16,18)/t11-,12+/m0/s1. The molecule has 0 radical (unpaired) electrons. The maximum absolute atomic E-state index is 11.6. The molecule has 0 bridgehead atoms. The molecule has 2 atom stereocenters. The van der Waals surface area contributed by atoms with E-state index in [1.807, 2.05) is 18.2 Å². The second-order valence-corrected chi connectivity index (χ2v) is 7.46. The van der Waals surface area contributed by atoms with E-state index in [-0.39, 0.29) is 30.7 Å². The third-order valence-electron chi connectivity index (χ3n) is 3.25. The Labute approximate surface area is 129 Å². The van der Waals surface area contributed by atoms with Crippen molar-refractivity contribution in [1.82, 2.24) is 10.6 Å². The van der Waals surface area contributed by atoms with Gasteiger partial charge in [0.25, 0.3) is 0 Å². The molecule has 0 saturated carbocycles. The topological polar surface area (TPSA) is 105 Å². The molecule has 1 aromatic carbocycles. The van der Waals surface area contributed by atoms with Crippen molar-refractivity contribution in [2.24, 2.45) is 0 Å². The lowest BCUT2D eigenvalue weighted by molar-refractivity contribution is 0.107. The molecule has 7 nitrogen and oxygen atoms in total. The molecule has 1 aliphatic rings. The zero-order chi connectivity index (χ0) is 16.0. The smallest absolute Gasteiger partial charge is 0.315 e. The van der Waals surface area contributed by atoms with Gasteiger partial charge in [-0.05, 0) is 18.6 Å². The first-order valence-electron chi connectivity index (χ1n) is 7.05. The van der Waals surface area contributed by atoms with E-state index >= 15 is 0 Å². The van der Waals surface area contributed by atoms with Gasteiger partial charge < -0.3 is 20.5 Å². The number of sulfone groups is 1. The highest BCUT2D eigenvalue weighted by atomic mass is 32.2. The van der Waals surface area contributed by atoms with Gasteiger partial charge in [0, 0.05) is 12.6 Å². The highest BCUT2D eigenvalue weighted by Crippen LogP contribution is 2.11. The molecule has 2 rings (SSSR count). The number of hydrogen-bond acceptors (Lipinski definition) is 5. The quantitative estimate of drug-likeness (QED) is 0.677. The summed E-state index contributed by atoms with van der Waals surface area (Å²) in [6, 6.07) is 8.20. The number of benzene rings is 1. The van der Waals surface area contributed by atoms with Gasteiger partial charge in [-0.1, -0.05) is 18.2 Å². The lowest BCUT2D eigenvalue weighted by atomic mass is 10.3. The van der Waals surface area contributed by atoms with Gasteiger partial charge in [-0.25, -0.2) is 13.2 Å². The fraction of sp³-hybridized carbons (Fsp3) is 0.500. The Balaban J connectivity index is 1.63. The number of carbonyl (C=O) groups is 1. The predicted molar refractivity (Wildman–Crippen MR) is 81.5 cm³/mol. The number of nitrogens with one attached hydrogen (secondary N) is 2. The summed E-state index contributed by atoms with van der Waals surface area (Å²) < 4.78 is 27.9. The van der Waals surface area contributed by atoms with E-state index in [1.165, 1.54) is 0 Å². The summed E-state index contributed by atoms with van der Waals surface area (Å²) >= 11 is 0. The summed E-state index contributed by atoms with van der Waals surface area (Å²) in [5.74, 6) is 0.716. The summed E-state index contributed by atoms with van der Waals surface area (Å²) in [7, 11) is -3.02. The van der Waals surface area contributed by atoms with Crippen LogP contribution in [-0.4, -0.2) is 56.4 Å². The number of hydrogen-bond donors (Lipinski definition) is 3. The summed E-state index contributed by atoms with van der Waals surface area (Å²) in [5, 5.41) is 14.8. The second kappa shape index (κ2) is 7.46. The molecular formula is C14H20N2O5S. The van der Waals surface area contributed by atoms with E-state index in [4.69, 9.17) is 4.74 Å². The van der Waals surface area contributed by atoms with Crippen molar-refractivity contribution < 1.29 is 23.1 Å². The van der Waals surface area contributed by atoms with Gasteiger partial charge >= 0.3 is 6.03 Å². The molecule has 1 aromatic rings. The van der Waals surface area contributed by atoms with Crippen LogP contribution < -0.4 is 15.4 Å². The average Bonchev–Trinajstić information content (AvgIpc) is 2.83. The molecule has 1 heterocycles. The van der Waals surface area contributed by atoms with Crippen LogP contribution >= 0.6 is 0 Å². The van der Waals surface area contributed by atoms with Crippen molar-refractivity contribution in [3.05, 3.63) is 30.3 Å². The number of urea groups is 1. The first kappa shape index (κ1) is 16.6. The van der Waals surface area contributed by atoms with Crippen LogP contribution in [0.15, 0.2) is 30.3 Å². The first-order valence-corrected chi connectivity index (χ1v) is 8.87. The van der Waals surface area contributed by atoms with Crippen LogP contribution in [0.1, 0.15) is 6.42 Å². The van der Waals surface area contributed by atoms with Crippen LogP contribution in [0.5, 0.6) is 5.75 Å². The van der Waals surface area contributed by atoms with Crippen molar-refractivity contribution in [1.29, 1.82) is 0 Å². The Bertz CT molecular complexity index is 591. The number of amides is 2. The molecule has 8 heteroatoms. The minimum atomic E-state index is -3.02. The van der Waals surface area contributed by atoms with Crippen LogP contribution in [-0.2, 0) is 9.84 Å². The molecule has 0 aromatic heterocycles. The van der Waals surface area contributed by atoms with Crippen LogP contribution in [0.2, 0.25) is 0 Å². The Morgan fingerprint density at radius 1 is 1.36 bits per heavy atom. The molecule has 3 N–H and O–H groups in total. The van der Waals surface area contributed by atoms with Crippen LogP contribution in [0.25, 0.3) is 0 Å². The van der Waals surface area contributed by atoms with Crippen molar-refractivity contribution in [3.63, 3.8) is 0 Å². The Kier molecular flexibility index (Phi) is 5.62. The van der Waals surface area contributed by atoms with Crippen LogP contribution in [0, 0.1) is 0 Å². The lowest BCUT2D eigenvalue weighted by Gasteiger charge is -2.15. The third kappa shape index (κ3) is 5.53. The molecule has 1 fully saturated rings. The second-order valence-electron chi connectivity index (χ2n) is 5.23. The number of carbonyl (C=O) groups excluding carboxylic acids is 1. The van der Waals surface area contributed by atoms with Gasteiger partial charge in [-0.3, -0.25) is 0 Å². The monoisotopic (exact) mass is 328 g/mol. The van der Waals surface area contributed by atoms with E-state index in [1.54, 1.807) is 12.1 Å². The maximum Gasteiger partial charge on any atom is 0.315 e. The summed E-state index contributed by atoms with van der Waals surface area (Å²) in [6.07, 6.45) is -0.423. The van der Waals surface area contributed by atoms with Crippen molar-refractivity contribution in [2.45, 2.75) is 18.6 Å². The number of ether oxygens (including phenoxy) is 1. The van der Waals surface area contributed by atoms with E-state index < -0.39 is 22.0 Å². The van der Waals surface area contributed by atoms with E-state index in [0.717, 1.165) is 0 Å². The Hall–Kier alpha value is -1.80. The number of aliphatic hydroxyl groups excluding tert-OH is 1. The maximum atomic E-state index is 11.6. The van der Waals surface area contributed by atoms with Crippen LogP contribution in [0.3, 0.4) is 0 Å². The van der Waals surface area contributed by atoms with Gasteiger partial charge in [-0.15, -0.1) is 0 Å². The summed E-state index contributed by atoms with van der Waals surface area (Å²) in [5.41, 5.74) is 0. The van der Waals surface area contributed by atoms with E-state index in [0.29, 0.717) is 12.2 Å². The molecule has 22 heavy (non-hydrogen) atoms. The molecule has 1 saturated heterocycles. The minimum absolute atomic E-state index is 0.0259.